The second-order valence-corrected chi connectivity index (χ2v) is 6.29. The molecule has 1 aliphatic rings. The van der Waals surface area contributed by atoms with E-state index in [-0.39, 0.29) is 12.1 Å². The molecular formula is C22H20N2O. The Bertz CT molecular complexity index is 833. The van der Waals surface area contributed by atoms with Gasteiger partial charge >= 0.3 is 0 Å². The van der Waals surface area contributed by atoms with Gasteiger partial charge in [-0.2, -0.15) is 0 Å². The highest BCUT2D eigenvalue weighted by Crippen LogP contribution is 2.38. The van der Waals surface area contributed by atoms with E-state index in [4.69, 9.17) is 0 Å². The van der Waals surface area contributed by atoms with Gasteiger partial charge in [0.2, 0.25) is 5.91 Å². The number of amides is 1. The Kier molecular flexibility index (Phi) is 4.08. The van der Waals surface area contributed by atoms with Gasteiger partial charge in [0.15, 0.2) is 0 Å². The summed E-state index contributed by atoms with van der Waals surface area (Å²) in [4.78, 5) is 13.9. The number of likely N-dealkylation sites (N-methyl/N-ethyl adjacent to an activating group) is 1. The Labute approximate surface area is 147 Å². The van der Waals surface area contributed by atoms with Crippen LogP contribution < -0.4 is 5.32 Å². The smallest absolute Gasteiger partial charge is 0.237 e. The zero-order valence-electron chi connectivity index (χ0n) is 14.1. The highest BCUT2D eigenvalue weighted by Gasteiger charge is 2.32. The van der Waals surface area contributed by atoms with Gasteiger partial charge in [-0.05, 0) is 22.3 Å². The maximum Gasteiger partial charge on any atom is 0.237 e. The second-order valence-electron chi connectivity index (χ2n) is 6.29. The molecule has 0 bridgehead atoms. The molecule has 25 heavy (non-hydrogen) atoms. The molecule has 0 unspecified atom stereocenters. The van der Waals surface area contributed by atoms with Crippen LogP contribution in [0.4, 0.5) is 0 Å². The summed E-state index contributed by atoms with van der Waals surface area (Å²) in [6.07, 6.45) is -0.126. The Hall–Kier alpha value is -2.91. The van der Waals surface area contributed by atoms with Crippen molar-refractivity contribution in [3.05, 3.63) is 84.4 Å². The molecule has 3 heteroatoms. The van der Waals surface area contributed by atoms with Crippen LogP contribution in [0.15, 0.2) is 78.9 Å². The van der Waals surface area contributed by atoms with E-state index in [2.05, 4.69) is 47.8 Å². The Morgan fingerprint density at radius 1 is 0.800 bits per heavy atom. The lowest BCUT2D eigenvalue weighted by atomic mass is 9.90. The molecule has 0 aromatic heterocycles. The van der Waals surface area contributed by atoms with Gasteiger partial charge in [0.05, 0.1) is 6.54 Å². The lowest BCUT2D eigenvalue weighted by Crippen LogP contribution is -2.27. The Morgan fingerprint density at radius 2 is 1.32 bits per heavy atom. The van der Waals surface area contributed by atoms with Crippen LogP contribution >= 0.6 is 0 Å². The van der Waals surface area contributed by atoms with E-state index in [1.165, 1.54) is 0 Å². The van der Waals surface area contributed by atoms with E-state index >= 15 is 0 Å². The summed E-state index contributed by atoms with van der Waals surface area (Å²) in [7, 11) is 1.86. The summed E-state index contributed by atoms with van der Waals surface area (Å²) in [5, 5.41) is 3.37. The first-order valence-electron chi connectivity index (χ1n) is 8.48. The van der Waals surface area contributed by atoms with Crippen molar-refractivity contribution in [1.82, 2.24) is 10.2 Å². The van der Waals surface area contributed by atoms with Gasteiger partial charge in [0.25, 0.3) is 0 Å². The molecule has 3 aromatic rings. The van der Waals surface area contributed by atoms with E-state index in [1.807, 2.05) is 43.4 Å². The average Bonchev–Trinajstić information content (AvgIpc) is 3.01. The minimum absolute atomic E-state index is 0.117. The number of nitrogens with zero attached hydrogens (tertiary/aromatic N) is 1. The van der Waals surface area contributed by atoms with Gasteiger partial charge in [-0.3, -0.25) is 10.1 Å². The molecule has 0 saturated carbocycles. The van der Waals surface area contributed by atoms with E-state index in [0.29, 0.717) is 6.54 Å². The van der Waals surface area contributed by atoms with Crippen LogP contribution in [0.5, 0.6) is 0 Å². The van der Waals surface area contributed by atoms with Gasteiger partial charge in [-0.1, -0.05) is 78.9 Å². The lowest BCUT2D eigenvalue weighted by molar-refractivity contribution is -0.126. The van der Waals surface area contributed by atoms with Crippen molar-refractivity contribution in [3.63, 3.8) is 0 Å². The summed E-state index contributed by atoms with van der Waals surface area (Å²) in [5.41, 5.74) is 5.77. The molecule has 1 N–H and O–H groups in total. The first-order chi connectivity index (χ1) is 12.3. The minimum Gasteiger partial charge on any atom is -0.325 e. The molecule has 3 aromatic carbocycles. The van der Waals surface area contributed by atoms with Gasteiger partial charge in [-0.25, -0.2) is 0 Å². The predicted octanol–water partition coefficient (Wildman–Crippen LogP) is 4.08. The summed E-state index contributed by atoms with van der Waals surface area (Å²) in [6, 6.07) is 27.0. The Morgan fingerprint density at radius 3 is 1.76 bits per heavy atom. The maximum atomic E-state index is 12.1. The normalized spacial score (nSPS) is 17.1. The molecule has 0 radical (unpaired) electrons. The van der Waals surface area contributed by atoms with Crippen LogP contribution in [0.2, 0.25) is 0 Å². The monoisotopic (exact) mass is 328 g/mol. The molecule has 1 heterocycles. The number of rotatable bonds is 3. The molecule has 0 spiro atoms. The fraction of sp³-hybridized carbons (Fsp3) is 0.136. The molecule has 124 valence electrons. The number of hydrogen-bond donors (Lipinski definition) is 1. The van der Waals surface area contributed by atoms with Gasteiger partial charge in [-0.15, -0.1) is 0 Å². The highest BCUT2D eigenvalue weighted by atomic mass is 16.2. The minimum atomic E-state index is -0.126. The van der Waals surface area contributed by atoms with Crippen LogP contribution in [0.3, 0.4) is 0 Å². The number of carbonyl (C=O) groups is 1. The zero-order valence-corrected chi connectivity index (χ0v) is 14.1. The molecule has 1 aliphatic heterocycles. The molecule has 1 saturated heterocycles. The molecule has 0 aliphatic carbocycles. The van der Waals surface area contributed by atoms with Crippen molar-refractivity contribution in [2.75, 3.05) is 13.6 Å². The first-order valence-corrected chi connectivity index (χ1v) is 8.48. The molecule has 1 atom stereocenters. The predicted molar refractivity (Wildman–Crippen MR) is 101 cm³/mol. The quantitative estimate of drug-likeness (QED) is 0.786. The van der Waals surface area contributed by atoms with Crippen molar-refractivity contribution in [3.8, 4) is 22.3 Å². The number of benzene rings is 3. The number of carbonyl (C=O) groups excluding carboxylic acids is 1. The summed E-state index contributed by atoms with van der Waals surface area (Å²) < 4.78 is 0. The number of hydrogen-bond acceptors (Lipinski definition) is 2. The van der Waals surface area contributed by atoms with E-state index in [0.717, 1.165) is 27.8 Å². The third-order valence-corrected chi connectivity index (χ3v) is 4.78. The fourth-order valence-corrected chi connectivity index (χ4v) is 3.48. The number of nitrogens with one attached hydrogen (secondary N) is 1. The molecular weight excluding hydrogens is 308 g/mol. The van der Waals surface area contributed by atoms with Crippen LogP contribution in [-0.2, 0) is 4.79 Å². The molecule has 3 nitrogen and oxygen atoms in total. The summed E-state index contributed by atoms with van der Waals surface area (Å²) in [6.45, 7) is 0.374. The molecule has 1 amide bonds. The first kappa shape index (κ1) is 15.6. The molecule has 4 rings (SSSR count). The molecule has 1 fully saturated rings. The summed E-state index contributed by atoms with van der Waals surface area (Å²) in [5.74, 6) is 0.117. The van der Waals surface area contributed by atoms with Crippen LogP contribution in [0, 0.1) is 0 Å². The topological polar surface area (TPSA) is 32.3 Å². The lowest BCUT2D eigenvalue weighted by Gasteiger charge is -2.26. The highest BCUT2D eigenvalue weighted by molar-refractivity contribution is 5.84. The average molecular weight is 328 g/mol. The third-order valence-electron chi connectivity index (χ3n) is 4.78. The Balaban J connectivity index is 1.95. The van der Waals surface area contributed by atoms with Crippen LogP contribution in [-0.4, -0.2) is 24.4 Å². The third kappa shape index (κ3) is 2.83. The fourth-order valence-electron chi connectivity index (χ4n) is 3.48. The van der Waals surface area contributed by atoms with Crippen molar-refractivity contribution < 1.29 is 4.79 Å². The van der Waals surface area contributed by atoms with E-state index < -0.39 is 0 Å². The zero-order chi connectivity index (χ0) is 17.2. The standard InChI is InChI=1S/C22H20N2O/c1-24-20(25)15-23-22(24)21-18(16-9-4-2-5-10-16)13-8-14-19(21)17-11-6-3-7-12-17/h2-14,22-23H,15H2,1H3/t22-/m0/s1. The van der Waals surface area contributed by atoms with Crippen molar-refractivity contribution in [2.45, 2.75) is 6.17 Å². The SMILES string of the molecule is CN1C(=O)CN[C@@H]1c1c(-c2ccccc2)cccc1-c1ccccc1. The van der Waals surface area contributed by atoms with Gasteiger partial charge < -0.3 is 4.90 Å². The summed E-state index contributed by atoms with van der Waals surface area (Å²) >= 11 is 0. The maximum absolute atomic E-state index is 12.1. The van der Waals surface area contributed by atoms with Gasteiger partial charge in [0.1, 0.15) is 6.17 Å². The van der Waals surface area contributed by atoms with Crippen molar-refractivity contribution in [2.24, 2.45) is 0 Å². The van der Waals surface area contributed by atoms with Crippen molar-refractivity contribution in [1.29, 1.82) is 0 Å². The van der Waals surface area contributed by atoms with E-state index in [9.17, 15) is 4.79 Å². The van der Waals surface area contributed by atoms with Gasteiger partial charge in [0, 0.05) is 12.6 Å². The largest absolute Gasteiger partial charge is 0.325 e. The van der Waals surface area contributed by atoms with E-state index in [1.54, 1.807) is 4.90 Å². The van der Waals surface area contributed by atoms with Crippen LogP contribution in [0.25, 0.3) is 22.3 Å². The second kappa shape index (κ2) is 6.54. The van der Waals surface area contributed by atoms with Crippen LogP contribution in [0.1, 0.15) is 11.7 Å². The van der Waals surface area contributed by atoms with Crippen molar-refractivity contribution >= 4 is 5.91 Å².